The fraction of sp³-hybridized carbons (Fsp3) is 0.100. The van der Waals surface area contributed by atoms with Crippen LogP contribution in [0.2, 0.25) is 0 Å². The van der Waals surface area contributed by atoms with Crippen molar-refractivity contribution in [2.45, 2.75) is 6.23 Å². The largest absolute Gasteiger partial charge is 0.497 e. The van der Waals surface area contributed by atoms with Crippen LogP contribution in [0, 0.1) is 0 Å². The number of amides is 2. The van der Waals surface area contributed by atoms with Gasteiger partial charge in [0.1, 0.15) is 10.8 Å². The monoisotopic (exact) mass is 441 g/mol. The van der Waals surface area contributed by atoms with E-state index in [0.717, 1.165) is 11.3 Å². The van der Waals surface area contributed by atoms with E-state index in [2.05, 4.69) is 20.9 Å². The number of carbonyl (C=O) groups is 3. The Hall–Kier alpha value is -3.96. The van der Waals surface area contributed by atoms with Gasteiger partial charge in [0.2, 0.25) is 0 Å². The maximum Gasteiger partial charge on any atom is 0.270 e. The van der Waals surface area contributed by atoms with Crippen LogP contribution in [0.4, 0.5) is 21.5 Å². The number of thiazole rings is 1. The summed E-state index contributed by atoms with van der Waals surface area (Å²) >= 11 is 1.06. The fourth-order valence-electron chi connectivity index (χ4n) is 2.52. The maximum absolute atomic E-state index is 12.6. The van der Waals surface area contributed by atoms with Crippen molar-refractivity contribution < 1.29 is 24.2 Å². The Morgan fingerprint density at radius 3 is 2.35 bits per heavy atom. The number of rotatable bonds is 9. The molecule has 1 heterocycles. The van der Waals surface area contributed by atoms with Gasteiger partial charge in [-0.25, -0.2) is 4.98 Å². The number of aldehydes is 1. The van der Waals surface area contributed by atoms with Crippen molar-refractivity contribution in [3.8, 4) is 5.75 Å². The van der Waals surface area contributed by atoms with Crippen LogP contribution in [0.1, 0.15) is 20.8 Å². The van der Waals surface area contributed by atoms with E-state index < -0.39 is 18.0 Å². The summed E-state index contributed by atoms with van der Waals surface area (Å²) < 4.78 is 5.11. The predicted molar refractivity (Wildman–Crippen MR) is 117 cm³/mol. The summed E-state index contributed by atoms with van der Waals surface area (Å²) in [5.74, 6) is -0.571. The van der Waals surface area contributed by atoms with Crippen molar-refractivity contribution in [1.82, 2.24) is 4.98 Å². The van der Waals surface area contributed by atoms with Crippen LogP contribution in [-0.2, 0) is 4.79 Å². The molecule has 1 unspecified atom stereocenters. The molecule has 0 spiro atoms. The molecule has 0 fully saturated rings. The van der Waals surface area contributed by atoms with Crippen LogP contribution < -0.4 is 26.4 Å². The Morgan fingerprint density at radius 1 is 1.13 bits per heavy atom. The second kappa shape index (κ2) is 9.69. The number of anilines is 4. The van der Waals surface area contributed by atoms with E-state index in [1.165, 1.54) is 24.3 Å². The van der Waals surface area contributed by atoms with Crippen LogP contribution in [0.25, 0.3) is 0 Å². The number of benzene rings is 2. The summed E-state index contributed by atoms with van der Waals surface area (Å²) in [4.78, 5) is 39.0. The van der Waals surface area contributed by atoms with Crippen molar-refractivity contribution in [3.63, 3.8) is 0 Å². The molecule has 0 aliphatic heterocycles. The van der Waals surface area contributed by atoms with E-state index in [1.807, 2.05) is 0 Å². The molecule has 3 aromatic rings. The van der Waals surface area contributed by atoms with Crippen LogP contribution in [-0.4, -0.2) is 41.5 Å². The molecule has 0 radical (unpaired) electrons. The van der Waals surface area contributed by atoms with E-state index in [0.29, 0.717) is 34.1 Å². The third-order valence-electron chi connectivity index (χ3n) is 4.02. The van der Waals surface area contributed by atoms with E-state index in [1.54, 1.807) is 31.4 Å². The van der Waals surface area contributed by atoms with Gasteiger partial charge in [0, 0.05) is 16.9 Å². The fourth-order valence-corrected chi connectivity index (χ4v) is 3.41. The number of hydrogen-bond donors (Lipinski definition) is 5. The van der Waals surface area contributed by atoms with E-state index in [-0.39, 0.29) is 10.7 Å². The minimum absolute atomic E-state index is 0.0678. The minimum atomic E-state index is -1.34. The first-order valence-corrected chi connectivity index (χ1v) is 9.74. The lowest BCUT2D eigenvalue weighted by Gasteiger charge is -2.09. The number of ether oxygens (including phenoxy) is 1. The molecule has 0 aliphatic rings. The lowest BCUT2D eigenvalue weighted by atomic mass is 10.2. The highest BCUT2D eigenvalue weighted by Crippen LogP contribution is 2.31. The van der Waals surface area contributed by atoms with Crippen LogP contribution in [0.3, 0.4) is 0 Å². The molecule has 11 heteroatoms. The van der Waals surface area contributed by atoms with Crippen LogP contribution >= 0.6 is 11.3 Å². The second-order valence-electron chi connectivity index (χ2n) is 6.17. The third-order valence-corrected chi connectivity index (χ3v) is 4.91. The highest BCUT2D eigenvalue weighted by Gasteiger charge is 2.19. The summed E-state index contributed by atoms with van der Waals surface area (Å²) in [7, 11) is 1.57. The number of aliphatic hydroxyl groups excluding tert-OH is 1. The third kappa shape index (κ3) is 5.56. The van der Waals surface area contributed by atoms with Gasteiger partial charge in [-0.2, -0.15) is 0 Å². The Bertz CT molecular complexity index is 1080. The quantitative estimate of drug-likeness (QED) is 0.250. The molecule has 0 saturated carbocycles. The Balaban J connectivity index is 1.74. The highest BCUT2D eigenvalue weighted by atomic mass is 32.1. The number of nitrogens with one attached hydrogen (secondary N) is 3. The normalized spacial score (nSPS) is 11.3. The number of aliphatic hydroxyl groups is 1. The predicted octanol–water partition coefficient (Wildman–Crippen LogP) is 2.18. The number of primary amides is 1. The Kier molecular flexibility index (Phi) is 6.80. The van der Waals surface area contributed by atoms with Gasteiger partial charge in [-0.15, -0.1) is 0 Å². The standard InChI is InChI=1S/C20H19N5O5S/c1-30-14-8-6-13(7-9-14)23-20-24-16(17(21)28)19(31-20)25-18(29)11-2-4-12(5-3-11)22-15(27)10-26/h2-10,15,22,27H,1H3,(H2,21,28)(H,23,24)(H,25,29). The van der Waals surface area contributed by atoms with Crippen molar-refractivity contribution in [1.29, 1.82) is 0 Å². The molecule has 0 bridgehead atoms. The smallest absolute Gasteiger partial charge is 0.270 e. The summed E-state index contributed by atoms with van der Waals surface area (Å²) in [6.45, 7) is 0. The minimum Gasteiger partial charge on any atom is -0.497 e. The molecular formula is C20H19N5O5S. The average molecular weight is 441 g/mol. The molecule has 2 amide bonds. The molecular weight excluding hydrogens is 422 g/mol. The molecule has 2 aromatic carbocycles. The van der Waals surface area contributed by atoms with Gasteiger partial charge >= 0.3 is 0 Å². The Labute approximate surface area is 181 Å². The number of nitrogens with zero attached hydrogens (tertiary/aromatic N) is 1. The average Bonchev–Trinajstić information content (AvgIpc) is 3.17. The molecule has 31 heavy (non-hydrogen) atoms. The maximum atomic E-state index is 12.6. The first-order valence-electron chi connectivity index (χ1n) is 8.92. The zero-order chi connectivity index (χ0) is 22.4. The molecule has 10 nitrogen and oxygen atoms in total. The highest BCUT2D eigenvalue weighted by molar-refractivity contribution is 7.20. The van der Waals surface area contributed by atoms with Crippen molar-refractivity contribution in [2.75, 3.05) is 23.1 Å². The molecule has 0 saturated heterocycles. The molecule has 160 valence electrons. The zero-order valence-corrected chi connectivity index (χ0v) is 17.1. The first-order chi connectivity index (χ1) is 14.9. The van der Waals surface area contributed by atoms with E-state index >= 15 is 0 Å². The summed E-state index contributed by atoms with van der Waals surface area (Å²) in [5, 5.41) is 18.1. The zero-order valence-electron chi connectivity index (χ0n) is 16.3. The lowest BCUT2D eigenvalue weighted by molar-refractivity contribution is -0.113. The molecule has 6 N–H and O–H groups in total. The van der Waals surface area contributed by atoms with Crippen molar-refractivity contribution in [3.05, 3.63) is 59.8 Å². The second-order valence-corrected chi connectivity index (χ2v) is 7.17. The van der Waals surface area contributed by atoms with E-state index in [4.69, 9.17) is 10.5 Å². The number of methoxy groups -OCH3 is 1. The topological polar surface area (TPSA) is 156 Å². The SMILES string of the molecule is COc1ccc(Nc2nc(C(N)=O)c(NC(=O)c3ccc(NC(O)C=O)cc3)s2)cc1. The van der Waals surface area contributed by atoms with Gasteiger partial charge in [-0.1, -0.05) is 11.3 Å². The first kappa shape index (κ1) is 21.7. The summed E-state index contributed by atoms with van der Waals surface area (Å²) in [6.07, 6.45) is -1.00. The molecule has 3 rings (SSSR count). The molecule has 1 aromatic heterocycles. The summed E-state index contributed by atoms with van der Waals surface area (Å²) in [5.41, 5.74) is 6.79. The van der Waals surface area contributed by atoms with Crippen LogP contribution in [0.15, 0.2) is 48.5 Å². The van der Waals surface area contributed by atoms with Crippen LogP contribution in [0.5, 0.6) is 5.75 Å². The van der Waals surface area contributed by atoms with Gasteiger partial charge < -0.3 is 31.5 Å². The Morgan fingerprint density at radius 2 is 1.77 bits per heavy atom. The number of aromatic nitrogens is 1. The number of carbonyl (C=O) groups excluding carboxylic acids is 3. The van der Waals surface area contributed by atoms with Gasteiger partial charge in [-0.05, 0) is 48.5 Å². The van der Waals surface area contributed by atoms with Gasteiger partial charge in [0.15, 0.2) is 23.3 Å². The molecule has 1 atom stereocenters. The number of hydrogen-bond acceptors (Lipinski definition) is 9. The lowest BCUT2D eigenvalue weighted by Crippen LogP contribution is -2.20. The van der Waals surface area contributed by atoms with Crippen molar-refractivity contribution >= 4 is 50.9 Å². The number of nitrogens with two attached hydrogens (primary N) is 1. The van der Waals surface area contributed by atoms with Gasteiger partial charge in [0.05, 0.1) is 7.11 Å². The summed E-state index contributed by atoms with van der Waals surface area (Å²) in [6, 6.07) is 13.1. The van der Waals surface area contributed by atoms with E-state index in [9.17, 15) is 19.5 Å². The molecule has 0 aliphatic carbocycles. The van der Waals surface area contributed by atoms with Gasteiger partial charge in [-0.3, -0.25) is 14.4 Å². The van der Waals surface area contributed by atoms with Gasteiger partial charge in [0.25, 0.3) is 11.8 Å². The van der Waals surface area contributed by atoms with Crippen molar-refractivity contribution in [2.24, 2.45) is 5.73 Å².